The van der Waals surface area contributed by atoms with Crippen LogP contribution in [0.15, 0.2) is 22.7 Å². The van der Waals surface area contributed by atoms with Crippen molar-refractivity contribution in [1.82, 2.24) is 4.90 Å². The molecule has 0 aliphatic heterocycles. The molecule has 0 aliphatic rings. The second-order valence-electron chi connectivity index (χ2n) is 3.46. The van der Waals surface area contributed by atoms with Crippen LogP contribution in [0, 0.1) is 0 Å². The number of nitrogen functional groups attached to an aromatic ring is 1. The number of carbonyl (C=O) groups excluding carboxylic acids is 1. The fourth-order valence-corrected chi connectivity index (χ4v) is 2.05. The highest BCUT2D eigenvalue weighted by atomic mass is 79.9. The topological polar surface area (TPSA) is 46.3 Å². The van der Waals surface area contributed by atoms with Crippen LogP contribution in [0.25, 0.3) is 0 Å². The fourth-order valence-electron chi connectivity index (χ4n) is 1.21. The fraction of sp³-hybridized carbons (Fsp3) is 0.364. The minimum Gasteiger partial charge on any atom is -0.398 e. The Balaban J connectivity index is 2.76. The normalized spacial score (nSPS) is 10.2. The van der Waals surface area contributed by atoms with E-state index in [1.165, 1.54) is 0 Å². The molecule has 2 N–H and O–H groups in total. The highest BCUT2D eigenvalue weighted by Crippen LogP contribution is 2.21. The van der Waals surface area contributed by atoms with E-state index in [4.69, 9.17) is 5.73 Å². The van der Waals surface area contributed by atoms with Gasteiger partial charge in [0.15, 0.2) is 0 Å². The number of thioether (sulfide) groups is 1. The molecule has 0 aliphatic carbocycles. The van der Waals surface area contributed by atoms with Gasteiger partial charge in [-0.2, -0.15) is 11.8 Å². The predicted molar refractivity (Wildman–Crippen MR) is 73.9 cm³/mol. The van der Waals surface area contributed by atoms with E-state index in [1.807, 2.05) is 13.3 Å². The van der Waals surface area contributed by atoms with Crippen molar-refractivity contribution < 1.29 is 4.79 Å². The van der Waals surface area contributed by atoms with Gasteiger partial charge >= 0.3 is 0 Å². The first-order valence-corrected chi connectivity index (χ1v) is 7.04. The summed E-state index contributed by atoms with van der Waals surface area (Å²) in [7, 11) is 1.81. The van der Waals surface area contributed by atoms with Crippen molar-refractivity contribution in [2.75, 3.05) is 31.3 Å². The van der Waals surface area contributed by atoms with Crippen LogP contribution in [-0.4, -0.2) is 36.4 Å². The number of hydrogen-bond donors (Lipinski definition) is 1. The van der Waals surface area contributed by atoms with E-state index in [0.29, 0.717) is 11.3 Å². The first-order valence-electron chi connectivity index (χ1n) is 4.85. The van der Waals surface area contributed by atoms with Gasteiger partial charge in [0.25, 0.3) is 5.91 Å². The van der Waals surface area contributed by atoms with Crippen molar-refractivity contribution in [3.05, 3.63) is 28.2 Å². The average Bonchev–Trinajstić information content (AvgIpc) is 2.28. The Kier molecular flexibility index (Phi) is 5.15. The minimum atomic E-state index is 0.0229. The van der Waals surface area contributed by atoms with Gasteiger partial charge in [0, 0.05) is 35.1 Å². The number of amides is 1. The van der Waals surface area contributed by atoms with Crippen molar-refractivity contribution in [2.24, 2.45) is 0 Å². The molecule has 0 saturated carbocycles. The van der Waals surface area contributed by atoms with Gasteiger partial charge in [0.2, 0.25) is 0 Å². The molecule has 0 aromatic heterocycles. The average molecular weight is 303 g/mol. The van der Waals surface area contributed by atoms with Gasteiger partial charge in [-0.05, 0) is 40.4 Å². The molecule has 0 unspecified atom stereocenters. The standard InChI is InChI=1S/C11H15BrN2OS/c1-14(5-6-16-2)11(15)8-3-4-10(13)9(12)7-8/h3-4,7H,5-6,13H2,1-2H3. The van der Waals surface area contributed by atoms with Gasteiger partial charge in [0.1, 0.15) is 0 Å². The smallest absolute Gasteiger partial charge is 0.253 e. The summed E-state index contributed by atoms with van der Waals surface area (Å²) in [5.41, 5.74) is 6.97. The molecule has 0 heterocycles. The highest BCUT2D eigenvalue weighted by molar-refractivity contribution is 9.10. The van der Waals surface area contributed by atoms with Crippen molar-refractivity contribution >= 4 is 39.3 Å². The molecule has 1 aromatic carbocycles. The van der Waals surface area contributed by atoms with Gasteiger partial charge in [-0.3, -0.25) is 4.79 Å². The molecule has 1 rings (SSSR count). The van der Waals surface area contributed by atoms with E-state index < -0.39 is 0 Å². The lowest BCUT2D eigenvalue weighted by molar-refractivity contribution is 0.0804. The molecule has 1 amide bonds. The zero-order valence-electron chi connectivity index (χ0n) is 9.37. The second kappa shape index (κ2) is 6.15. The first kappa shape index (κ1) is 13.4. The highest BCUT2D eigenvalue weighted by Gasteiger charge is 2.11. The second-order valence-corrected chi connectivity index (χ2v) is 5.30. The van der Waals surface area contributed by atoms with Gasteiger partial charge < -0.3 is 10.6 Å². The summed E-state index contributed by atoms with van der Waals surface area (Å²) in [4.78, 5) is 13.7. The number of rotatable bonds is 4. The molecule has 5 heteroatoms. The lowest BCUT2D eigenvalue weighted by Gasteiger charge is -2.16. The third kappa shape index (κ3) is 3.42. The Bertz CT molecular complexity index is 384. The first-order chi connectivity index (χ1) is 7.56. The number of hydrogen-bond acceptors (Lipinski definition) is 3. The van der Waals surface area contributed by atoms with E-state index in [-0.39, 0.29) is 5.91 Å². The maximum Gasteiger partial charge on any atom is 0.253 e. The summed E-state index contributed by atoms with van der Waals surface area (Å²) >= 11 is 5.04. The number of anilines is 1. The molecule has 0 fully saturated rings. The Morgan fingerprint density at radius 3 is 2.81 bits per heavy atom. The Morgan fingerprint density at radius 1 is 1.56 bits per heavy atom. The molecule has 0 saturated heterocycles. The van der Waals surface area contributed by atoms with E-state index in [9.17, 15) is 4.79 Å². The molecular weight excluding hydrogens is 288 g/mol. The Hall–Kier alpha value is -0.680. The number of halogens is 1. The summed E-state index contributed by atoms with van der Waals surface area (Å²) in [6, 6.07) is 5.24. The van der Waals surface area contributed by atoms with E-state index in [2.05, 4.69) is 15.9 Å². The Labute approximate surface area is 109 Å². The molecule has 3 nitrogen and oxygen atoms in total. The zero-order chi connectivity index (χ0) is 12.1. The molecular formula is C11H15BrN2OS. The van der Waals surface area contributed by atoms with Gasteiger partial charge in [0.05, 0.1) is 0 Å². The maximum atomic E-state index is 12.0. The molecule has 88 valence electrons. The third-order valence-electron chi connectivity index (χ3n) is 2.22. The third-order valence-corrected chi connectivity index (χ3v) is 3.50. The van der Waals surface area contributed by atoms with Crippen LogP contribution >= 0.6 is 27.7 Å². The molecule has 0 bridgehead atoms. The molecule has 1 aromatic rings. The molecule has 0 radical (unpaired) electrons. The maximum absolute atomic E-state index is 12.0. The summed E-state index contributed by atoms with van der Waals surface area (Å²) in [5.74, 6) is 0.966. The van der Waals surface area contributed by atoms with Crippen molar-refractivity contribution in [1.29, 1.82) is 0 Å². The summed E-state index contributed by atoms with van der Waals surface area (Å²) < 4.78 is 0.761. The summed E-state index contributed by atoms with van der Waals surface area (Å²) in [6.07, 6.45) is 2.03. The van der Waals surface area contributed by atoms with Crippen LogP contribution in [0.2, 0.25) is 0 Å². The minimum absolute atomic E-state index is 0.0229. The number of carbonyl (C=O) groups is 1. The quantitative estimate of drug-likeness (QED) is 0.869. The SMILES string of the molecule is CSCCN(C)C(=O)c1ccc(N)c(Br)c1. The van der Waals surface area contributed by atoms with Gasteiger partial charge in [-0.25, -0.2) is 0 Å². The van der Waals surface area contributed by atoms with E-state index in [0.717, 1.165) is 16.8 Å². The van der Waals surface area contributed by atoms with Crippen molar-refractivity contribution in [3.63, 3.8) is 0 Å². The van der Waals surface area contributed by atoms with Crippen molar-refractivity contribution in [2.45, 2.75) is 0 Å². The summed E-state index contributed by atoms with van der Waals surface area (Å²) in [5, 5.41) is 0. The summed E-state index contributed by atoms with van der Waals surface area (Å²) in [6.45, 7) is 0.752. The number of nitrogens with zero attached hydrogens (tertiary/aromatic N) is 1. The molecule has 0 atom stereocenters. The molecule has 16 heavy (non-hydrogen) atoms. The van der Waals surface area contributed by atoms with Crippen LogP contribution in [0.1, 0.15) is 10.4 Å². The van der Waals surface area contributed by atoms with Crippen LogP contribution in [0.5, 0.6) is 0 Å². The van der Waals surface area contributed by atoms with Gasteiger partial charge in [-0.15, -0.1) is 0 Å². The lowest BCUT2D eigenvalue weighted by atomic mass is 10.2. The van der Waals surface area contributed by atoms with E-state index in [1.54, 1.807) is 34.9 Å². The molecule has 0 spiro atoms. The zero-order valence-corrected chi connectivity index (χ0v) is 11.8. The van der Waals surface area contributed by atoms with Crippen molar-refractivity contribution in [3.8, 4) is 0 Å². The lowest BCUT2D eigenvalue weighted by Crippen LogP contribution is -2.28. The largest absolute Gasteiger partial charge is 0.398 e. The van der Waals surface area contributed by atoms with E-state index >= 15 is 0 Å². The van der Waals surface area contributed by atoms with Crippen LogP contribution in [0.4, 0.5) is 5.69 Å². The monoisotopic (exact) mass is 302 g/mol. The van der Waals surface area contributed by atoms with Crippen LogP contribution < -0.4 is 5.73 Å². The predicted octanol–water partition coefficient (Wildman–Crippen LogP) is 2.47. The number of nitrogens with two attached hydrogens (primary N) is 1. The Morgan fingerprint density at radius 2 is 2.25 bits per heavy atom. The van der Waals surface area contributed by atoms with Crippen LogP contribution in [0.3, 0.4) is 0 Å². The van der Waals surface area contributed by atoms with Gasteiger partial charge in [-0.1, -0.05) is 0 Å². The number of benzene rings is 1. The van der Waals surface area contributed by atoms with Crippen LogP contribution in [-0.2, 0) is 0 Å².